The van der Waals surface area contributed by atoms with Crippen LogP contribution in [0.3, 0.4) is 0 Å². The molecule has 0 radical (unpaired) electrons. The van der Waals surface area contributed by atoms with Crippen molar-refractivity contribution in [3.63, 3.8) is 0 Å². The van der Waals surface area contributed by atoms with Crippen LogP contribution in [-0.2, 0) is 9.84 Å². The summed E-state index contributed by atoms with van der Waals surface area (Å²) in [6.07, 6.45) is -1.00. The second-order valence-corrected chi connectivity index (χ2v) is 7.74. The molecular formula is C17H20O3S. The second-order valence-electron chi connectivity index (χ2n) is 5.09. The molecule has 2 rings (SSSR count). The van der Waals surface area contributed by atoms with Gasteiger partial charge in [0, 0.05) is 5.75 Å². The molecule has 0 unspecified atom stereocenters. The molecule has 21 heavy (non-hydrogen) atoms. The van der Waals surface area contributed by atoms with Crippen molar-refractivity contribution in [3.8, 4) is 11.1 Å². The number of hydrogen-bond acceptors (Lipinski definition) is 3. The zero-order chi connectivity index (χ0) is 15.5. The van der Waals surface area contributed by atoms with Crippen molar-refractivity contribution in [2.75, 3.05) is 5.75 Å². The molecule has 0 saturated heterocycles. The van der Waals surface area contributed by atoms with Gasteiger partial charge in [-0.05, 0) is 23.6 Å². The van der Waals surface area contributed by atoms with Crippen LogP contribution in [0.25, 0.3) is 11.1 Å². The number of rotatable bonds is 5. The molecule has 0 bridgehead atoms. The van der Waals surface area contributed by atoms with E-state index in [2.05, 4.69) is 0 Å². The molecule has 4 heteroatoms. The zero-order valence-corrected chi connectivity index (χ0v) is 13.0. The van der Waals surface area contributed by atoms with Crippen LogP contribution < -0.4 is 0 Å². The van der Waals surface area contributed by atoms with Gasteiger partial charge >= 0.3 is 0 Å². The normalized spacial score (nSPS) is 14.6. The van der Waals surface area contributed by atoms with Crippen LogP contribution in [0.15, 0.2) is 54.6 Å². The molecule has 0 spiro atoms. The molecule has 0 aliphatic carbocycles. The monoisotopic (exact) mass is 304 g/mol. The summed E-state index contributed by atoms with van der Waals surface area (Å²) in [4.78, 5) is 0. The first-order valence-electron chi connectivity index (χ1n) is 7.00. The van der Waals surface area contributed by atoms with Crippen LogP contribution in [0.1, 0.15) is 25.5 Å². The summed E-state index contributed by atoms with van der Waals surface area (Å²) in [6, 6.07) is 17.3. The highest BCUT2D eigenvalue weighted by molar-refractivity contribution is 7.92. The fourth-order valence-electron chi connectivity index (χ4n) is 2.23. The van der Waals surface area contributed by atoms with E-state index in [0.29, 0.717) is 5.56 Å². The Kier molecular flexibility index (Phi) is 4.80. The molecule has 0 saturated carbocycles. The third-order valence-corrected chi connectivity index (χ3v) is 5.97. The Balaban J connectivity index is 2.23. The van der Waals surface area contributed by atoms with Gasteiger partial charge in [-0.1, -0.05) is 61.5 Å². The van der Waals surface area contributed by atoms with E-state index < -0.39 is 21.2 Å². The molecule has 112 valence electrons. The van der Waals surface area contributed by atoms with Gasteiger partial charge in [0.05, 0.1) is 11.4 Å². The number of benzene rings is 2. The smallest absolute Gasteiger partial charge is 0.155 e. The maximum atomic E-state index is 11.8. The minimum absolute atomic E-state index is 0.0350. The predicted molar refractivity (Wildman–Crippen MR) is 85.8 cm³/mol. The largest absolute Gasteiger partial charge is 0.387 e. The van der Waals surface area contributed by atoms with Crippen LogP contribution in [0, 0.1) is 0 Å². The molecule has 2 aromatic carbocycles. The van der Waals surface area contributed by atoms with E-state index in [-0.39, 0.29) is 5.75 Å². The Bertz CT molecular complexity index is 676. The van der Waals surface area contributed by atoms with Crippen molar-refractivity contribution >= 4 is 9.84 Å². The molecule has 0 aliphatic heterocycles. The Hall–Kier alpha value is -1.65. The van der Waals surface area contributed by atoms with Gasteiger partial charge in [-0.3, -0.25) is 0 Å². The summed E-state index contributed by atoms with van der Waals surface area (Å²) in [5.41, 5.74) is 2.75. The predicted octanol–water partition coefficient (Wildman–Crippen LogP) is 3.21. The highest BCUT2D eigenvalue weighted by Gasteiger charge is 2.27. The minimum atomic E-state index is -3.26. The van der Waals surface area contributed by atoms with Gasteiger partial charge in [0.2, 0.25) is 0 Å². The van der Waals surface area contributed by atoms with Crippen LogP contribution in [0.2, 0.25) is 0 Å². The summed E-state index contributed by atoms with van der Waals surface area (Å²) in [7, 11) is -3.26. The van der Waals surface area contributed by atoms with Gasteiger partial charge in [-0.15, -0.1) is 0 Å². The first kappa shape index (κ1) is 15.7. The number of sulfone groups is 1. The Labute approximate surface area is 126 Å². The first-order chi connectivity index (χ1) is 9.95. The van der Waals surface area contributed by atoms with Gasteiger partial charge in [-0.2, -0.15) is 0 Å². The highest BCUT2D eigenvalue weighted by Crippen LogP contribution is 2.25. The van der Waals surface area contributed by atoms with E-state index >= 15 is 0 Å². The molecule has 0 fully saturated rings. The summed E-state index contributed by atoms with van der Waals surface area (Å²) in [5.74, 6) is 0.0350. The van der Waals surface area contributed by atoms with Crippen molar-refractivity contribution < 1.29 is 13.5 Å². The van der Waals surface area contributed by atoms with E-state index in [4.69, 9.17) is 0 Å². The fraction of sp³-hybridized carbons (Fsp3) is 0.294. The lowest BCUT2D eigenvalue weighted by molar-refractivity contribution is 0.176. The van der Waals surface area contributed by atoms with E-state index in [0.717, 1.165) is 11.1 Å². The first-order valence-corrected chi connectivity index (χ1v) is 8.72. The number of aliphatic hydroxyl groups is 1. The third kappa shape index (κ3) is 3.52. The maximum Gasteiger partial charge on any atom is 0.155 e. The van der Waals surface area contributed by atoms with Gasteiger partial charge < -0.3 is 5.11 Å². The molecule has 3 nitrogen and oxygen atoms in total. The van der Waals surface area contributed by atoms with E-state index in [1.807, 2.05) is 42.5 Å². The topological polar surface area (TPSA) is 54.4 Å². The van der Waals surface area contributed by atoms with Gasteiger partial charge in [0.1, 0.15) is 0 Å². The number of hydrogen-bond donors (Lipinski definition) is 1. The molecule has 0 aromatic heterocycles. The van der Waals surface area contributed by atoms with Crippen LogP contribution in [0.5, 0.6) is 0 Å². The lowest BCUT2D eigenvalue weighted by Crippen LogP contribution is -2.26. The molecular weight excluding hydrogens is 284 g/mol. The number of aliphatic hydroxyl groups excluding tert-OH is 1. The van der Waals surface area contributed by atoms with E-state index in [1.54, 1.807) is 26.0 Å². The summed E-state index contributed by atoms with van der Waals surface area (Å²) < 4.78 is 23.7. The average Bonchev–Trinajstić information content (AvgIpc) is 2.54. The van der Waals surface area contributed by atoms with E-state index in [1.165, 1.54) is 0 Å². The van der Waals surface area contributed by atoms with Crippen LogP contribution in [-0.4, -0.2) is 24.5 Å². The third-order valence-electron chi connectivity index (χ3n) is 3.77. The van der Waals surface area contributed by atoms with Gasteiger partial charge in [-0.25, -0.2) is 8.42 Å². The Morgan fingerprint density at radius 2 is 1.48 bits per heavy atom. The second kappa shape index (κ2) is 6.41. The average molecular weight is 304 g/mol. The molecule has 0 amide bonds. The Morgan fingerprint density at radius 1 is 0.952 bits per heavy atom. The lowest BCUT2D eigenvalue weighted by Gasteiger charge is -2.19. The van der Waals surface area contributed by atoms with E-state index in [9.17, 15) is 13.5 Å². The zero-order valence-electron chi connectivity index (χ0n) is 12.2. The van der Waals surface area contributed by atoms with Crippen molar-refractivity contribution in [2.24, 2.45) is 0 Å². The molecule has 0 heterocycles. The standard InChI is InChI=1S/C17H20O3S/c1-3-21(19,20)13(2)17(18)16-11-9-15(10-12-16)14-7-5-4-6-8-14/h4-13,17-18H,3H2,1-2H3/t13-,17-/m1/s1. The van der Waals surface area contributed by atoms with Gasteiger partial charge in [0.25, 0.3) is 0 Å². The minimum Gasteiger partial charge on any atom is -0.387 e. The van der Waals surface area contributed by atoms with Crippen molar-refractivity contribution in [3.05, 3.63) is 60.2 Å². The summed E-state index contributed by atoms with van der Waals surface area (Å²) >= 11 is 0. The summed E-state index contributed by atoms with van der Waals surface area (Å²) in [6.45, 7) is 3.14. The fourth-order valence-corrected chi connectivity index (χ4v) is 3.31. The molecule has 2 aromatic rings. The molecule has 0 aliphatic rings. The van der Waals surface area contributed by atoms with Crippen LogP contribution in [0.4, 0.5) is 0 Å². The van der Waals surface area contributed by atoms with Crippen molar-refractivity contribution in [2.45, 2.75) is 25.2 Å². The highest BCUT2D eigenvalue weighted by atomic mass is 32.2. The van der Waals surface area contributed by atoms with Crippen molar-refractivity contribution in [1.82, 2.24) is 0 Å². The van der Waals surface area contributed by atoms with Gasteiger partial charge in [0.15, 0.2) is 9.84 Å². The molecule has 2 atom stereocenters. The SMILES string of the molecule is CCS(=O)(=O)[C@H](C)[C@@H](O)c1ccc(-c2ccccc2)cc1. The van der Waals surface area contributed by atoms with Crippen LogP contribution >= 0.6 is 0 Å². The van der Waals surface area contributed by atoms with Crippen molar-refractivity contribution in [1.29, 1.82) is 0 Å². The Morgan fingerprint density at radius 3 is 2.00 bits per heavy atom. The lowest BCUT2D eigenvalue weighted by atomic mass is 10.0. The summed E-state index contributed by atoms with van der Waals surface area (Å²) in [5, 5.41) is 9.44. The quantitative estimate of drug-likeness (QED) is 0.923. The molecule has 1 N–H and O–H groups in total. The maximum absolute atomic E-state index is 11.8.